The molecule has 4 rings (SSSR count). The fraction of sp³-hybridized carbons (Fsp3) is 0.267. The molecule has 2 aromatic heterocycles. The summed E-state index contributed by atoms with van der Waals surface area (Å²) in [4.78, 5) is 48.3. The minimum absolute atomic E-state index is 0. The van der Waals surface area contributed by atoms with Gasteiger partial charge in [0.05, 0.1) is 17.1 Å². The average Bonchev–Trinajstić information content (AvgIpc) is 3.08. The Morgan fingerprint density at radius 2 is 2.21 bits per heavy atom. The third-order valence-electron chi connectivity index (χ3n) is 4.12. The van der Waals surface area contributed by atoms with Crippen molar-refractivity contribution in [1.82, 2.24) is 25.2 Å². The number of fused-ring (bicyclic) bond motifs is 2. The van der Waals surface area contributed by atoms with Crippen LogP contribution in [0, 0.1) is 0 Å². The number of aromatic nitrogens is 3. The number of amides is 2. The number of hydrogen-bond acceptors (Lipinski definition) is 9. The van der Waals surface area contributed by atoms with Crippen LogP contribution in [-0.2, 0) is 14.4 Å². The molecule has 2 aliphatic rings. The number of β-lactam (4-membered cyclic amide) rings is 1. The molecule has 4 heterocycles. The molecule has 0 radical (unpaired) electrons. The smallest absolute Gasteiger partial charge is 0.543 e. The monoisotopic (exact) mass is 428 g/mol. The van der Waals surface area contributed by atoms with Crippen molar-refractivity contribution in [3.8, 4) is 0 Å². The standard InChI is InChI=1S/C15H14N6O4S2.Na/c1-5(22)18-8-12(23)21-9(14(24)25)7(4-26-13(8)21)27-15-19-10(16)6-2-3-17-11(6)20-15;/h2-3,8,13H,4H2,1H3,(H,18,22)(H,24,25)(H3,16,17,19,20);/q;+1/p-1/t8?,13-;/m1./s1. The van der Waals surface area contributed by atoms with Crippen molar-refractivity contribution in [2.75, 3.05) is 11.5 Å². The molecule has 2 aromatic rings. The van der Waals surface area contributed by atoms with Crippen LogP contribution in [0.2, 0.25) is 0 Å². The molecule has 28 heavy (non-hydrogen) atoms. The maximum absolute atomic E-state index is 12.3. The number of aromatic amines is 1. The quantitative estimate of drug-likeness (QED) is 0.251. The summed E-state index contributed by atoms with van der Waals surface area (Å²) in [6.45, 7) is 1.30. The maximum Gasteiger partial charge on any atom is 1.00 e. The maximum atomic E-state index is 12.3. The number of anilines is 1. The van der Waals surface area contributed by atoms with Gasteiger partial charge >= 0.3 is 29.6 Å². The molecule has 13 heteroatoms. The molecule has 0 aliphatic carbocycles. The van der Waals surface area contributed by atoms with Gasteiger partial charge in [0, 0.05) is 23.8 Å². The summed E-state index contributed by atoms with van der Waals surface area (Å²) in [5.74, 6) is -1.72. The van der Waals surface area contributed by atoms with E-state index < -0.39 is 23.3 Å². The van der Waals surface area contributed by atoms with Gasteiger partial charge in [0.25, 0.3) is 5.91 Å². The molecule has 1 fully saturated rings. The van der Waals surface area contributed by atoms with Crippen molar-refractivity contribution in [3.63, 3.8) is 0 Å². The minimum Gasteiger partial charge on any atom is -0.543 e. The number of aliphatic carboxylic acids is 1. The van der Waals surface area contributed by atoms with Gasteiger partial charge in [-0.2, -0.15) is 0 Å². The number of nitrogen functional groups attached to an aromatic ring is 1. The van der Waals surface area contributed by atoms with E-state index in [4.69, 9.17) is 5.73 Å². The Morgan fingerprint density at radius 3 is 2.89 bits per heavy atom. The first-order valence-corrected chi connectivity index (χ1v) is 9.68. The van der Waals surface area contributed by atoms with Gasteiger partial charge in [-0.15, -0.1) is 11.8 Å². The van der Waals surface area contributed by atoms with Crippen LogP contribution in [0.5, 0.6) is 0 Å². The topological polar surface area (TPSA) is 157 Å². The molecular weight excluding hydrogens is 415 g/mol. The molecule has 140 valence electrons. The first-order chi connectivity index (χ1) is 12.9. The summed E-state index contributed by atoms with van der Waals surface area (Å²) >= 11 is 2.38. The number of carboxylic acids is 1. The predicted octanol–water partition coefficient (Wildman–Crippen LogP) is -3.98. The average molecular weight is 428 g/mol. The Bertz CT molecular complexity index is 1030. The number of nitrogens with two attached hydrogens (primary N) is 1. The molecule has 4 N–H and O–H groups in total. The SMILES string of the molecule is CC(=O)NC1C(=O)N2C(C(=O)[O-])=C(Sc3nc(N)c4cc[nH]c4n3)CS[C@H]12.[Na+]. The van der Waals surface area contributed by atoms with Crippen molar-refractivity contribution in [2.45, 2.75) is 23.5 Å². The van der Waals surface area contributed by atoms with Crippen molar-refractivity contribution in [3.05, 3.63) is 22.9 Å². The molecule has 0 bridgehead atoms. The van der Waals surface area contributed by atoms with Crippen LogP contribution < -0.4 is 45.7 Å². The molecule has 0 spiro atoms. The largest absolute Gasteiger partial charge is 1.00 e. The number of carbonyl (C=O) groups excluding carboxylic acids is 3. The van der Waals surface area contributed by atoms with E-state index in [9.17, 15) is 19.5 Å². The number of H-pyrrole nitrogens is 1. The summed E-state index contributed by atoms with van der Waals surface area (Å²) in [7, 11) is 0. The molecule has 0 aromatic carbocycles. The fourth-order valence-corrected chi connectivity index (χ4v) is 5.39. The second-order valence-electron chi connectivity index (χ2n) is 5.88. The predicted molar refractivity (Wildman–Crippen MR) is 96.9 cm³/mol. The second-order valence-corrected chi connectivity index (χ2v) is 8.05. The number of rotatable bonds is 4. The fourth-order valence-electron chi connectivity index (χ4n) is 2.98. The van der Waals surface area contributed by atoms with E-state index in [-0.39, 0.29) is 52.1 Å². The number of carboxylic acid groups (broad SMARTS) is 1. The van der Waals surface area contributed by atoms with Crippen LogP contribution in [0.4, 0.5) is 5.82 Å². The molecular formula is C15H13N6NaO4S2. The van der Waals surface area contributed by atoms with Crippen molar-refractivity contribution in [2.24, 2.45) is 0 Å². The van der Waals surface area contributed by atoms with E-state index >= 15 is 0 Å². The van der Waals surface area contributed by atoms with Gasteiger partial charge in [-0.1, -0.05) is 11.8 Å². The first kappa shape index (κ1) is 21.0. The van der Waals surface area contributed by atoms with E-state index in [1.807, 2.05) is 0 Å². The van der Waals surface area contributed by atoms with Crippen LogP contribution in [0.1, 0.15) is 6.92 Å². The molecule has 2 amide bonds. The molecule has 2 aliphatic heterocycles. The van der Waals surface area contributed by atoms with Crippen LogP contribution in [0.3, 0.4) is 0 Å². The zero-order valence-electron chi connectivity index (χ0n) is 14.9. The Kier molecular flexibility index (Phi) is 5.96. The zero-order chi connectivity index (χ0) is 19.3. The summed E-state index contributed by atoms with van der Waals surface area (Å²) in [5.41, 5.74) is 6.23. The van der Waals surface area contributed by atoms with E-state index in [1.165, 1.54) is 18.7 Å². The van der Waals surface area contributed by atoms with Crippen molar-refractivity contribution in [1.29, 1.82) is 0 Å². The molecule has 2 atom stereocenters. The van der Waals surface area contributed by atoms with E-state index in [0.29, 0.717) is 21.7 Å². The number of thioether (sulfide) groups is 2. The van der Waals surface area contributed by atoms with Gasteiger partial charge < -0.3 is 25.9 Å². The Balaban J connectivity index is 0.00000225. The molecule has 10 nitrogen and oxygen atoms in total. The van der Waals surface area contributed by atoms with E-state index in [1.54, 1.807) is 12.3 Å². The normalized spacial score (nSPS) is 21.0. The molecule has 1 saturated heterocycles. The van der Waals surface area contributed by atoms with Crippen molar-refractivity contribution < 1.29 is 49.0 Å². The summed E-state index contributed by atoms with van der Waals surface area (Å²) < 4.78 is 0. The first-order valence-electron chi connectivity index (χ1n) is 7.81. The van der Waals surface area contributed by atoms with Gasteiger partial charge in [-0.05, 0) is 6.07 Å². The van der Waals surface area contributed by atoms with Gasteiger partial charge in [0.2, 0.25) is 5.91 Å². The van der Waals surface area contributed by atoms with Crippen molar-refractivity contribution >= 4 is 58.2 Å². The van der Waals surface area contributed by atoms with Gasteiger partial charge in [0.15, 0.2) is 5.16 Å². The molecule has 0 saturated carbocycles. The summed E-state index contributed by atoms with van der Waals surface area (Å²) in [5, 5.41) is 14.7. The minimum atomic E-state index is -1.47. The van der Waals surface area contributed by atoms with Crippen LogP contribution in [-0.4, -0.2) is 54.8 Å². The number of carbonyl (C=O) groups is 3. The molecule has 1 unspecified atom stereocenters. The summed E-state index contributed by atoms with van der Waals surface area (Å²) in [6, 6.07) is 1.00. The van der Waals surface area contributed by atoms with Gasteiger partial charge in [-0.25, -0.2) is 9.97 Å². The number of hydrogen-bond donors (Lipinski definition) is 3. The van der Waals surface area contributed by atoms with E-state index in [0.717, 1.165) is 16.7 Å². The Hall–Kier alpha value is -1.73. The van der Waals surface area contributed by atoms with E-state index in [2.05, 4.69) is 20.3 Å². The third kappa shape index (κ3) is 3.50. The Labute approximate surface area is 189 Å². The second kappa shape index (κ2) is 7.95. The van der Waals surface area contributed by atoms with Gasteiger partial charge in [-0.3, -0.25) is 14.5 Å². The third-order valence-corrected chi connectivity index (χ3v) is 6.54. The van der Waals surface area contributed by atoms with Crippen LogP contribution in [0.25, 0.3) is 11.0 Å². The van der Waals surface area contributed by atoms with Crippen LogP contribution >= 0.6 is 23.5 Å². The summed E-state index contributed by atoms with van der Waals surface area (Å²) in [6.07, 6.45) is 1.68. The number of nitrogens with one attached hydrogen (secondary N) is 2. The Morgan fingerprint density at radius 1 is 1.46 bits per heavy atom. The van der Waals surface area contributed by atoms with Crippen LogP contribution in [0.15, 0.2) is 28.0 Å². The van der Waals surface area contributed by atoms with Gasteiger partial charge in [0.1, 0.15) is 22.9 Å². The zero-order valence-corrected chi connectivity index (χ0v) is 18.5. The number of nitrogens with zero attached hydrogens (tertiary/aromatic N) is 3.